The Bertz CT molecular complexity index is 690. The highest BCUT2D eigenvalue weighted by molar-refractivity contribution is 8.60. The van der Waals surface area contributed by atoms with Gasteiger partial charge in [-0.05, 0) is 111 Å². The van der Waals surface area contributed by atoms with Gasteiger partial charge in [-0.15, -0.1) is 0 Å². The summed E-state index contributed by atoms with van der Waals surface area (Å²) < 4.78 is 11.8. The molecule has 5 heteroatoms. The summed E-state index contributed by atoms with van der Waals surface area (Å²) in [6, 6.07) is 7.92. The van der Waals surface area contributed by atoms with Crippen molar-refractivity contribution in [2.75, 3.05) is 0 Å². The van der Waals surface area contributed by atoms with E-state index in [1.165, 1.54) is 33.4 Å². The second kappa shape index (κ2) is 6.88. The first-order chi connectivity index (χ1) is 10.6. The fourth-order valence-electron chi connectivity index (χ4n) is 2.38. The second-order valence-electron chi connectivity index (χ2n) is 6.02. The molecule has 0 aliphatic carbocycles. The minimum absolute atomic E-state index is 0.712. The van der Waals surface area contributed by atoms with Crippen LogP contribution in [-0.2, 0) is 11.8 Å². The maximum Gasteiger partial charge on any atom is 0.345 e. The first-order valence-corrected chi connectivity index (χ1v) is 11.3. The molecule has 0 aliphatic rings. The summed E-state index contributed by atoms with van der Waals surface area (Å²) in [7, 11) is 0. The summed E-state index contributed by atoms with van der Waals surface area (Å²) in [6.45, 7) is 12.4. The molecule has 0 N–H and O–H groups in total. The third-order valence-corrected chi connectivity index (χ3v) is 6.06. The summed E-state index contributed by atoms with van der Waals surface area (Å²) in [5, 5.41) is 0. The Morgan fingerprint density at radius 1 is 0.696 bits per heavy atom. The molecule has 0 fully saturated rings. The number of hydrogen-bond donors (Lipinski definition) is 1. The maximum atomic E-state index is 5.90. The topological polar surface area (TPSA) is 18.5 Å². The van der Waals surface area contributed by atoms with E-state index in [0.717, 1.165) is 0 Å². The molecule has 0 heterocycles. The van der Waals surface area contributed by atoms with Crippen molar-refractivity contribution in [3.63, 3.8) is 0 Å². The van der Waals surface area contributed by atoms with E-state index in [9.17, 15) is 0 Å². The van der Waals surface area contributed by atoms with Crippen molar-refractivity contribution in [1.29, 1.82) is 0 Å². The molecule has 0 aromatic heterocycles. The molecule has 0 saturated carbocycles. The molecule has 0 bridgehead atoms. The van der Waals surface area contributed by atoms with Gasteiger partial charge in [0.1, 0.15) is 11.5 Å². The van der Waals surface area contributed by atoms with Crippen molar-refractivity contribution in [1.82, 2.24) is 0 Å². The Morgan fingerprint density at radius 2 is 0.957 bits per heavy atom. The molecular formula is C18H23O2PS2. The van der Waals surface area contributed by atoms with Crippen molar-refractivity contribution in [3.05, 3.63) is 57.6 Å². The van der Waals surface area contributed by atoms with Crippen LogP contribution in [0.1, 0.15) is 33.4 Å². The van der Waals surface area contributed by atoms with Crippen LogP contribution < -0.4 is 9.05 Å². The Labute approximate surface area is 149 Å². The van der Waals surface area contributed by atoms with Crippen molar-refractivity contribution in [2.45, 2.75) is 41.5 Å². The molecule has 124 valence electrons. The van der Waals surface area contributed by atoms with E-state index in [1.807, 2.05) is 24.3 Å². The predicted octanol–water partition coefficient (Wildman–Crippen LogP) is 6.15. The largest absolute Gasteiger partial charge is 0.428 e. The van der Waals surface area contributed by atoms with E-state index < -0.39 is 5.69 Å². The first kappa shape index (κ1) is 18.4. The Morgan fingerprint density at radius 3 is 1.22 bits per heavy atom. The molecule has 0 spiro atoms. The Kier molecular flexibility index (Phi) is 5.50. The third kappa shape index (κ3) is 4.53. The van der Waals surface area contributed by atoms with Crippen LogP contribution in [0.15, 0.2) is 24.3 Å². The van der Waals surface area contributed by atoms with Crippen molar-refractivity contribution in [2.24, 2.45) is 0 Å². The smallest absolute Gasteiger partial charge is 0.345 e. The average molecular weight is 366 g/mol. The number of hydrogen-bond acceptors (Lipinski definition) is 3. The number of benzene rings is 2. The lowest BCUT2D eigenvalue weighted by Crippen LogP contribution is -1.98. The highest BCUT2D eigenvalue weighted by Gasteiger charge is 2.18. The molecule has 2 aromatic rings. The number of rotatable bonds is 4. The minimum Gasteiger partial charge on any atom is -0.428 e. The van der Waals surface area contributed by atoms with E-state index >= 15 is 0 Å². The normalized spacial score (nSPS) is 11.4. The van der Waals surface area contributed by atoms with Gasteiger partial charge in [0.25, 0.3) is 0 Å². The molecular weight excluding hydrogens is 343 g/mol. The van der Waals surface area contributed by atoms with Crippen LogP contribution in [0.25, 0.3) is 0 Å². The molecule has 0 atom stereocenters. The lowest BCUT2D eigenvalue weighted by Gasteiger charge is -2.20. The zero-order valence-corrected chi connectivity index (χ0v) is 17.0. The fraction of sp³-hybridized carbons (Fsp3) is 0.333. The molecule has 0 unspecified atom stereocenters. The van der Waals surface area contributed by atoms with Gasteiger partial charge in [0, 0.05) is 0 Å². The summed E-state index contributed by atoms with van der Waals surface area (Å²) in [5.74, 6) is 1.42. The quantitative estimate of drug-likeness (QED) is 0.517. The van der Waals surface area contributed by atoms with Crippen molar-refractivity contribution < 1.29 is 9.05 Å². The van der Waals surface area contributed by atoms with Gasteiger partial charge in [-0.2, -0.15) is 0 Å². The van der Waals surface area contributed by atoms with Gasteiger partial charge in [-0.3, -0.25) is 0 Å². The van der Waals surface area contributed by atoms with E-state index in [0.29, 0.717) is 11.5 Å². The van der Waals surface area contributed by atoms with Crippen LogP contribution in [0.3, 0.4) is 0 Å². The molecule has 0 radical (unpaired) electrons. The van der Waals surface area contributed by atoms with Crippen LogP contribution in [0, 0.1) is 41.5 Å². The van der Waals surface area contributed by atoms with Gasteiger partial charge in [-0.25, -0.2) is 0 Å². The zero-order valence-electron chi connectivity index (χ0n) is 14.4. The monoisotopic (exact) mass is 366 g/mol. The molecule has 2 rings (SSSR count). The number of thiol groups is 1. The van der Waals surface area contributed by atoms with E-state index in [1.54, 1.807) is 0 Å². The molecule has 23 heavy (non-hydrogen) atoms. The number of aryl methyl sites for hydroxylation is 4. The Balaban J connectivity index is 2.24. The summed E-state index contributed by atoms with van der Waals surface area (Å²) in [4.78, 5) is 0. The van der Waals surface area contributed by atoms with Gasteiger partial charge in [0.15, 0.2) is 0 Å². The summed E-state index contributed by atoms with van der Waals surface area (Å²) in [6.07, 6.45) is 0. The van der Waals surface area contributed by atoms with E-state index in [4.69, 9.17) is 20.9 Å². The molecule has 0 saturated heterocycles. The molecule has 0 aliphatic heterocycles. The highest BCUT2D eigenvalue weighted by atomic mass is 32.9. The van der Waals surface area contributed by atoms with Gasteiger partial charge in [0.2, 0.25) is 0 Å². The predicted molar refractivity (Wildman–Crippen MR) is 106 cm³/mol. The third-order valence-electron chi connectivity index (χ3n) is 4.24. The SMILES string of the molecule is Cc1cc(OP(=S)(S)Oc2cc(C)c(C)c(C)c2)cc(C)c1C. The van der Waals surface area contributed by atoms with Crippen LogP contribution in [0.2, 0.25) is 0 Å². The zero-order chi connectivity index (χ0) is 17.4. The van der Waals surface area contributed by atoms with Crippen LogP contribution in [0.5, 0.6) is 11.5 Å². The van der Waals surface area contributed by atoms with E-state index in [-0.39, 0.29) is 0 Å². The standard InChI is InChI=1S/C18H23O2PS2/c1-11-7-17(8-12(2)15(11)5)19-21(22,23)20-18-9-13(3)16(6)14(4)10-18/h7-10H,1-6H3,(H,22,23). The minimum atomic E-state index is -2.72. The van der Waals surface area contributed by atoms with Gasteiger partial charge < -0.3 is 9.05 Å². The van der Waals surface area contributed by atoms with Crippen molar-refractivity contribution >= 4 is 29.7 Å². The van der Waals surface area contributed by atoms with Gasteiger partial charge >= 0.3 is 5.69 Å². The van der Waals surface area contributed by atoms with Gasteiger partial charge in [0.05, 0.1) is 0 Å². The molecule has 2 aromatic carbocycles. The summed E-state index contributed by atoms with van der Waals surface area (Å²) >= 11 is 9.96. The van der Waals surface area contributed by atoms with Crippen LogP contribution >= 0.6 is 17.9 Å². The molecule has 2 nitrogen and oxygen atoms in total. The maximum absolute atomic E-state index is 5.90. The lowest BCUT2D eigenvalue weighted by atomic mass is 10.0. The fourth-order valence-corrected chi connectivity index (χ4v) is 4.25. The second-order valence-corrected chi connectivity index (χ2v) is 11.2. The average Bonchev–Trinajstić information content (AvgIpc) is 2.41. The highest BCUT2D eigenvalue weighted by Crippen LogP contribution is 2.53. The van der Waals surface area contributed by atoms with Crippen molar-refractivity contribution in [3.8, 4) is 11.5 Å². The first-order valence-electron chi connectivity index (χ1n) is 7.47. The Hall–Kier alpha value is -0.960. The lowest BCUT2D eigenvalue weighted by molar-refractivity contribution is 0.506. The summed E-state index contributed by atoms with van der Waals surface area (Å²) in [5.41, 5.74) is 4.49. The molecule has 0 amide bonds. The van der Waals surface area contributed by atoms with Gasteiger partial charge in [-0.1, -0.05) is 12.2 Å². The van der Waals surface area contributed by atoms with Crippen LogP contribution in [-0.4, -0.2) is 0 Å². The van der Waals surface area contributed by atoms with Crippen LogP contribution in [0.4, 0.5) is 0 Å². The van der Waals surface area contributed by atoms with E-state index in [2.05, 4.69) is 53.8 Å².